The third-order valence-corrected chi connectivity index (χ3v) is 1.67. The highest BCUT2D eigenvalue weighted by molar-refractivity contribution is 5.94. The van der Waals surface area contributed by atoms with Gasteiger partial charge in [-0.2, -0.15) is 0 Å². The first-order valence-corrected chi connectivity index (χ1v) is 4.75. The van der Waals surface area contributed by atoms with E-state index in [1.165, 1.54) is 0 Å². The van der Waals surface area contributed by atoms with Crippen LogP contribution in [0.15, 0.2) is 12.3 Å². The molecule has 1 heterocycles. The Balaban J connectivity index is 2.96. The number of pyridine rings is 1. The topological polar surface area (TPSA) is 65.2 Å². The van der Waals surface area contributed by atoms with Crippen LogP contribution in [0, 0.1) is 6.92 Å². The van der Waals surface area contributed by atoms with Crippen molar-refractivity contribution in [1.82, 2.24) is 4.98 Å². The Bertz CT molecular complexity index is 381. The molecular formula is C11H16N2O2. The SMILES string of the molecule is Cc1cnc(N)c(C(=O)OC(C)(C)C)c1. The highest BCUT2D eigenvalue weighted by atomic mass is 16.6. The maximum Gasteiger partial charge on any atom is 0.342 e. The number of hydrogen-bond donors (Lipinski definition) is 1. The quantitative estimate of drug-likeness (QED) is 0.716. The van der Waals surface area contributed by atoms with Crippen molar-refractivity contribution in [2.24, 2.45) is 0 Å². The van der Waals surface area contributed by atoms with Gasteiger partial charge in [0.25, 0.3) is 0 Å². The Morgan fingerprint density at radius 3 is 2.60 bits per heavy atom. The Hall–Kier alpha value is -1.58. The van der Waals surface area contributed by atoms with Crippen LogP contribution < -0.4 is 5.73 Å². The summed E-state index contributed by atoms with van der Waals surface area (Å²) in [6.45, 7) is 7.28. The van der Waals surface area contributed by atoms with Crippen LogP contribution in [0.25, 0.3) is 0 Å². The normalized spacial score (nSPS) is 11.2. The molecular weight excluding hydrogens is 192 g/mol. The van der Waals surface area contributed by atoms with Gasteiger partial charge in [-0.15, -0.1) is 0 Å². The zero-order valence-corrected chi connectivity index (χ0v) is 9.50. The fourth-order valence-electron chi connectivity index (χ4n) is 1.08. The Labute approximate surface area is 89.5 Å². The van der Waals surface area contributed by atoms with Crippen LogP contribution in [0.1, 0.15) is 36.7 Å². The zero-order chi connectivity index (χ0) is 11.6. The first-order chi connectivity index (χ1) is 6.79. The molecule has 0 unspecified atom stereocenters. The fraction of sp³-hybridized carbons (Fsp3) is 0.455. The van der Waals surface area contributed by atoms with E-state index in [0.717, 1.165) is 5.56 Å². The summed E-state index contributed by atoms with van der Waals surface area (Å²) < 4.78 is 5.20. The molecule has 0 amide bonds. The van der Waals surface area contributed by atoms with E-state index in [9.17, 15) is 4.79 Å². The number of nitrogens with two attached hydrogens (primary N) is 1. The molecule has 0 aliphatic rings. The van der Waals surface area contributed by atoms with Crippen molar-refractivity contribution in [1.29, 1.82) is 0 Å². The number of aryl methyl sites for hydroxylation is 1. The van der Waals surface area contributed by atoms with Gasteiger partial charge in [-0.05, 0) is 39.3 Å². The van der Waals surface area contributed by atoms with Gasteiger partial charge in [0.2, 0.25) is 0 Å². The summed E-state index contributed by atoms with van der Waals surface area (Å²) in [4.78, 5) is 15.6. The number of nitrogen functional groups attached to an aromatic ring is 1. The molecule has 0 aromatic carbocycles. The van der Waals surface area contributed by atoms with E-state index in [1.807, 2.05) is 27.7 Å². The molecule has 0 bridgehead atoms. The molecule has 0 aliphatic heterocycles. The van der Waals surface area contributed by atoms with Gasteiger partial charge in [-0.3, -0.25) is 0 Å². The van der Waals surface area contributed by atoms with Gasteiger partial charge in [0.05, 0.1) is 0 Å². The van der Waals surface area contributed by atoms with E-state index in [1.54, 1.807) is 12.3 Å². The Kier molecular flexibility index (Phi) is 2.98. The number of anilines is 1. The molecule has 1 aromatic heterocycles. The van der Waals surface area contributed by atoms with Gasteiger partial charge >= 0.3 is 5.97 Å². The molecule has 15 heavy (non-hydrogen) atoms. The fourth-order valence-corrected chi connectivity index (χ4v) is 1.08. The molecule has 2 N–H and O–H groups in total. The number of carbonyl (C=O) groups excluding carboxylic acids is 1. The number of ether oxygens (including phenoxy) is 1. The average molecular weight is 208 g/mol. The molecule has 0 saturated heterocycles. The first kappa shape index (κ1) is 11.5. The summed E-state index contributed by atoms with van der Waals surface area (Å²) >= 11 is 0. The van der Waals surface area contributed by atoms with Crippen LogP contribution in [-0.2, 0) is 4.74 Å². The Morgan fingerprint density at radius 1 is 1.47 bits per heavy atom. The third kappa shape index (κ3) is 3.23. The molecule has 0 radical (unpaired) electrons. The second-order valence-corrected chi connectivity index (χ2v) is 4.45. The van der Waals surface area contributed by atoms with Crippen LogP contribution >= 0.6 is 0 Å². The second kappa shape index (κ2) is 3.88. The van der Waals surface area contributed by atoms with E-state index in [2.05, 4.69) is 4.98 Å². The van der Waals surface area contributed by atoms with Crippen molar-refractivity contribution in [3.63, 3.8) is 0 Å². The summed E-state index contributed by atoms with van der Waals surface area (Å²) in [6.07, 6.45) is 1.61. The molecule has 0 atom stereocenters. The summed E-state index contributed by atoms with van der Waals surface area (Å²) in [7, 11) is 0. The van der Waals surface area contributed by atoms with E-state index in [4.69, 9.17) is 10.5 Å². The minimum Gasteiger partial charge on any atom is -0.456 e. The van der Waals surface area contributed by atoms with E-state index < -0.39 is 11.6 Å². The summed E-state index contributed by atoms with van der Waals surface area (Å²) in [5.74, 6) is -0.231. The highest BCUT2D eigenvalue weighted by Gasteiger charge is 2.20. The minimum atomic E-state index is -0.521. The number of nitrogens with zero attached hydrogens (tertiary/aromatic N) is 1. The lowest BCUT2D eigenvalue weighted by atomic mass is 10.1. The van der Waals surface area contributed by atoms with Crippen molar-refractivity contribution < 1.29 is 9.53 Å². The van der Waals surface area contributed by atoms with Gasteiger partial charge < -0.3 is 10.5 Å². The van der Waals surface area contributed by atoms with Crippen LogP contribution in [0.2, 0.25) is 0 Å². The van der Waals surface area contributed by atoms with Gasteiger partial charge in [0.15, 0.2) is 0 Å². The summed E-state index contributed by atoms with van der Waals surface area (Å²) in [5.41, 5.74) is 6.28. The largest absolute Gasteiger partial charge is 0.456 e. The number of hydrogen-bond acceptors (Lipinski definition) is 4. The standard InChI is InChI=1S/C11H16N2O2/c1-7-5-8(9(12)13-6-7)10(14)15-11(2,3)4/h5-6H,1-4H3,(H2,12,13). The van der Waals surface area contributed by atoms with Gasteiger partial charge in [0, 0.05) is 6.20 Å². The van der Waals surface area contributed by atoms with E-state index in [0.29, 0.717) is 5.56 Å². The summed E-state index contributed by atoms with van der Waals surface area (Å²) in [6, 6.07) is 1.68. The van der Waals surface area contributed by atoms with Crippen molar-refractivity contribution in [2.45, 2.75) is 33.3 Å². The van der Waals surface area contributed by atoms with Crippen molar-refractivity contribution in [3.05, 3.63) is 23.4 Å². The van der Waals surface area contributed by atoms with Crippen molar-refractivity contribution >= 4 is 11.8 Å². The minimum absolute atomic E-state index is 0.204. The number of esters is 1. The Morgan fingerprint density at radius 2 is 2.07 bits per heavy atom. The van der Waals surface area contributed by atoms with Crippen LogP contribution in [0.3, 0.4) is 0 Å². The molecule has 1 aromatic rings. The van der Waals surface area contributed by atoms with E-state index in [-0.39, 0.29) is 5.82 Å². The van der Waals surface area contributed by atoms with Gasteiger partial charge in [0.1, 0.15) is 17.0 Å². The average Bonchev–Trinajstić information content (AvgIpc) is 2.06. The van der Waals surface area contributed by atoms with Crippen LogP contribution in [0.4, 0.5) is 5.82 Å². The molecule has 1 rings (SSSR count). The molecule has 0 fully saturated rings. The highest BCUT2D eigenvalue weighted by Crippen LogP contribution is 2.16. The van der Waals surface area contributed by atoms with Crippen molar-refractivity contribution in [3.8, 4) is 0 Å². The summed E-state index contributed by atoms with van der Waals surface area (Å²) in [5, 5.41) is 0. The second-order valence-electron chi connectivity index (χ2n) is 4.45. The van der Waals surface area contributed by atoms with Gasteiger partial charge in [-0.25, -0.2) is 9.78 Å². The lowest BCUT2D eigenvalue weighted by molar-refractivity contribution is 0.00703. The molecule has 82 valence electrons. The third-order valence-electron chi connectivity index (χ3n) is 1.67. The van der Waals surface area contributed by atoms with Crippen molar-refractivity contribution in [2.75, 3.05) is 5.73 Å². The number of rotatable bonds is 1. The predicted molar refractivity (Wildman–Crippen MR) is 58.6 cm³/mol. The van der Waals surface area contributed by atoms with Crippen LogP contribution in [-0.4, -0.2) is 16.6 Å². The predicted octanol–water partition coefficient (Wildman–Crippen LogP) is 1.93. The number of aromatic nitrogens is 1. The van der Waals surface area contributed by atoms with Crippen LogP contribution in [0.5, 0.6) is 0 Å². The molecule has 0 saturated carbocycles. The molecule has 0 spiro atoms. The number of carbonyl (C=O) groups is 1. The molecule has 4 heteroatoms. The maximum absolute atomic E-state index is 11.7. The smallest absolute Gasteiger partial charge is 0.342 e. The molecule has 0 aliphatic carbocycles. The zero-order valence-electron chi connectivity index (χ0n) is 9.50. The van der Waals surface area contributed by atoms with Gasteiger partial charge in [-0.1, -0.05) is 0 Å². The van der Waals surface area contributed by atoms with E-state index >= 15 is 0 Å². The monoisotopic (exact) mass is 208 g/mol. The first-order valence-electron chi connectivity index (χ1n) is 4.75. The maximum atomic E-state index is 11.7. The lowest BCUT2D eigenvalue weighted by Crippen LogP contribution is -2.24. The molecule has 4 nitrogen and oxygen atoms in total. The lowest BCUT2D eigenvalue weighted by Gasteiger charge is -2.19.